The van der Waals surface area contributed by atoms with Gasteiger partial charge in [-0.1, -0.05) is 0 Å². The van der Waals surface area contributed by atoms with Crippen LogP contribution in [0.5, 0.6) is 0 Å². The first-order valence-electron chi connectivity index (χ1n) is 6.79. The van der Waals surface area contributed by atoms with E-state index in [0.29, 0.717) is 13.0 Å². The lowest BCUT2D eigenvalue weighted by Gasteiger charge is -2.19. The van der Waals surface area contributed by atoms with Crippen molar-refractivity contribution in [2.45, 2.75) is 32.6 Å². The fraction of sp³-hybridized carbons (Fsp3) is 0.923. The Balaban J connectivity index is 1.96. The minimum atomic E-state index is -0.0844. The van der Waals surface area contributed by atoms with Crippen LogP contribution in [0.3, 0.4) is 0 Å². The second-order valence-electron chi connectivity index (χ2n) is 4.76. The van der Waals surface area contributed by atoms with Crippen LogP contribution in [0.4, 0.5) is 0 Å². The zero-order chi connectivity index (χ0) is 12.5. The molecule has 1 saturated heterocycles. The van der Waals surface area contributed by atoms with Crippen molar-refractivity contribution in [1.29, 1.82) is 0 Å². The van der Waals surface area contributed by atoms with Crippen LogP contribution in [0, 0.1) is 0 Å². The molecule has 1 aliphatic rings. The highest BCUT2D eigenvalue weighted by Gasteiger charge is 2.11. The van der Waals surface area contributed by atoms with Gasteiger partial charge < -0.3 is 14.5 Å². The first kappa shape index (κ1) is 14.5. The van der Waals surface area contributed by atoms with Gasteiger partial charge in [-0.25, -0.2) is 0 Å². The van der Waals surface area contributed by atoms with Crippen molar-refractivity contribution in [3.05, 3.63) is 0 Å². The first-order valence-corrected chi connectivity index (χ1v) is 6.79. The Morgan fingerprint density at radius 1 is 1.29 bits per heavy atom. The van der Waals surface area contributed by atoms with Crippen molar-refractivity contribution in [2.75, 3.05) is 46.4 Å². The molecule has 0 radical (unpaired) electrons. The monoisotopic (exact) mass is 242 g/mol. The van der Waals surface area contributed by atoms with E-state index in [1.807, 2.05) is 6.92 Å². The van der Waals surface area contributed by atoms with E-state index >= 15 is 0 Å². The Bertz CT molecular complexity index is 215. The molecular weight excluding hydrogens is 216 g/mol. The van der Waals surface area contributed by atoms with Crippen molar-refractivity contribution >= 4 is 5.97 Å². The third-order valence-electron chi connectivity index (χ3n) is 3.22. The lowest BCUT2D eigenvalue weighted by molar-refractivity contribution is -0.143. The summed E-state index contributed by atoms with van der Waals surface area (Å²) < 4.78 is 4.90. The molecule has 0 N–H and O–H groups in total. The van der Waals surface area contributed by atoms with Gasteiger partial charge in [0.25, 0.3) is 0 Å². The van der Waals surface area contributed by atoms with Gasteiger partial charge in [0.15, 0.2) is 0 Å². The van der Waals surface area contributed by atoms with Gasteiger partial charge in [-0.3, -0.25) is 4.79 Å². The molecule has 0 atom stereocenters. The molecule has 0 aromatic heterocycles. The summed E-state index contributed by atoms with van der Waals surface area (Å²) in [6, 6.07) is 0. The molecule has 1 aliphatic heterocycles. The topological polar surface area (TPSA) is 32.8 Å². The Hall–Kier alpha value is -0.610. The van der Waals surface area contributed by atoms with Crippen LogP contribution < -0.4 is 0 Å². The SMILES string of the molecule is CCOC(=O)CCN(C)CCCN1CCCC1. The van der Waals surface area contributed by atoms with E-state index in [1.165, 1.54) is 38.9 Å². The maximum absolute atomic E-state index is 11.2. The van der Waals surface area contributed by atoms with Crippen molar-refractivity contribution in [3.63, 3.8) is 0 Å². The summed E-state index contributed by atoms with van der Waals surface area (Å²) >= 11 is 0. The molecule has 1 rings (SSSR count). The molecule has 0 aromatic carbocycles. The third-order valence-corrected chi connectivity index (χ3v) is 3.22. The fourth-order valence-corrected chi connectivity index (χ4v) is 2.20. The first-order chi connectivity index (χ1) is 8.22. The average Bonchev–Trinajstić information content (AvgIpc) is 2.80. The van der Waals surface area contributed by atoms with Gasteiger partial charge in [-0.2, -0.15) is 0 Å². The molecule has 0 aliphatic carbocycles. The number of rotatable bonds is 8. The van der Waals surface area contributed by atoms with Crippen LogP contribution >= 0.6 is 0 Å². The molecule has 0 bridgehead atoms. The molecule has 1 heterocycles. The zero-order valence-electron chi connectivity index (χ0n) is 11.3. The highest BCUT2D eigenvalue weighted by Crippen LogP contribution is 2.07. The lowest BCUT2D eigenvalue weighted by Crippen LogP contribution is -2.28. The van der Waals surface area contributed by atoms with E-state index in [0.717, 1.165) is 13.1 Å². The van der Waals surface area contributed by atoms with Gasteiger partial charge in [0.1, 0.15) is 0 Å². The van der Waals surface area contributed by atoms with Gasteiger partial charge in [-0.15, -0.1) is 0 Å². The average molecular weight is 242 g/mol. The highest BCUT2D eigenvalue weighted by atomic mass is 16.5. The molecule has 4 heteroatoms. The number of nitrogens with zero attached hydrogens (tertiary/aromatic N) is 2. The smallest absolute Gasteiger partial charge is 0.307 e. The highest BCUT2D eigenvalue weighted by molar-refractivity contribution is 5.69. The summed E-state index contributed by atoms with van der Waals surface area (Å²) in [4.78, 5) is 15.9. The number of carbonyl (C=O) groups excluding carboxylic acids is 1. The summed E-state index contributed by atoms with van der Waals surface area (Å²) in [6.45, 7) is 7.94. The van der Waals surface area contributed by atoms with E-state index < -0.39 is 0 Å². The molecule has 0 saturated carbocycles. The minimum absolute atomic E-state index is 0.0844. The van der Waals surface area contributed by atoms with Gasteiger partial charge in [0.2, 0.25) is 0 Å². The third kappa shape index (κ3) is 6.64. The largest absolute Gasteiger partial charge is 0.466 e. The Morgan fingerprint density at radius 2 is 2.00 bits per heavy atom. The lowest BCUT2D eigenvalue weighted by atomic mass is 10.3. The molecule has 4 nitrogen and oxygen atoms in total. The summed E-state index contributed by atoms with van der Waals surface area (Å²) in [6.07, 6.45) is 4.42. The van der Waals surface area contributed by atoms with Crippen molar-refractivity contribution in [2.24, 2.45) is 0 Å². The predicted octanol–water partition coefficient (Wildman–Crippen LogP) is 1.36. The van der Waals surface area contributed by atoms with E-state index in [2.05, 4.69) is 16.8 Å². The molecule has 0 spiro atoms. The van der Waals surface area contributed by atoms with Gasteiger partial charge in [0.05, 0.1) is 13.0 Å². The number of carbonyl (C=O) groups is 1. The van der Waals surface area contributed by atoms with Gasteiger partial charge in [0, 0.05) is 6.54 Å². The number of esters is 1. The molecule has 17 heavy (non-hydrogen) atoms. The molecule has 0 amide bonds. The minimum Gasteiger partial charge on any atom is -0.466 e. The quantitative estimate of drug-likeness (QED) is 0.602. The molecular formula is C13H26N2O2. The maximum atomic E-state index is 11.2. The molecule has 100 valence electrons. The van der Waals surface area contributed by atoms with E-state index in [4.69, 9.17) is 4.74 Å². The number of likely N-dealkylation sites (tertiary alicyclic amines) is 1. The van der Waals surface area contributed by atoms with Crippen LogP contribution in [-0.4, -0.2) is 62.1 Å². The second-order valence-corrected chi connectivity index (χ2v) is 4.76. The van der Waals surface area contributed by atoms with Crippen LogP contribution in [0.1, 0.15) is 32.6 Å². The van der Waals surface area contributed by atoms with E-state index in [9.17, 15) is 4.79 Å². The second kappa shape index (κ2) is 8.48. The van der Waals surface area contributed by atoms with E-state index in [1.54, 1.807) is 0 Å². The zero-order valence-corrected chi connectivity index (χ0v) is 11.3. The molecule has 0 aromatic rings. The maximum Gasteiger partial charge on any atom is 0.307 e. The predicted molar refractivity (Wildman–Crippen MR) is 69.0 cm³/mol. The van der Waals surface area contributed by atoms with Crippen molar-refractivity contribution in [3.8, 4) is 0 Å². The molecule has 1 fully saturated rings. The van der Waals surface area contributed by atoms with Crippen LogP contribution in [0.25, 0.3) is 0 Å². The van der Waals surface area contributed by atoms with Gasteiger partial charge in [-0.05, 0) is 59.4 Å². The normalized spacial score (nSPS) is 16.6. The Morgan fingerprint density at radius 3 is 2.65 bits per heavy atom. The standard InChI is InChI=1S/C13H26N2O2/c1-3-17-13(16)7-12-14(2)8-6-11-15-9-4-5-10-15/h3-12H2,1-2H3. The van der Waals surface area contributed by atoms with Crippen LogP contribution in [0.15, 0.2) is 0 Å². The molecule has 0 unspecified atom stereocenters. The Kier molecular flexibility index (Phi) is 7.21. The van der Waals surface area contributed by atoms with Crippen LogP contribution in [0.2, 0.25) is 0 Å². The van der Waals surface area contributed by atoms with E-state index in [-0.39, 0.29) is 5.97 Å². The summed E-state index contributed by atoms with van der Waals surface area (Å²) in [7, 11) is 2.07. The number of hydrogen-bond donors (Lipinski definition) is 0. The van der Waals surface area contributed by atoms with Crippen molar-refractivity contribution in [1.82, 2.24) is 9.80 Å². The number of ether oxygens (including phenoxy) is 1. The summed E-state index contributed by atoms with van der Waals surface area (Å²) in [5.74, 6) is -0.0844. The van der Waals surface area contributed by atoms with Crippen molar-refractivity contribution < 1.29 is 9.53 Å². The summed E-state index contributed by atoms with van der Waals surface area (Å²) in [5, 5.41) is 0. The van der Waals surface area contributed by atoms with Crippen LogP contribution in [-0.2, 0) is 9.53 Å². The fourth-order valence-electron chi connectivity index (χ4n) is 2.20. The van der Waals surface area contributed by atoms with Gasteiger partial charge >= 0.3 is 5.97 Å². The number of hydrogen-bond acceptors (Lipinski definition) is 4. The Labute approximate surface area is 105 Å². The summed E-state index contributed by atoms with van der Waals surface area (Å²) in [5.41, 5.74) is 0.